The maximum Gasteiger partial charge on any atom is 0.185 e. The lowest BCUT2D eigenvalue weighted by Gasteiger charge is -1.96. The zero-order valence-electron chi connectivity index (χ0n) is 7.81. The second kappa shape index (κ2) is 4.55. The fourth-order valence-electron chi connectivity index (χ4n) is 1.24. The Morgan fingerprint density at radius 3 is 2.93 bits per heavy atom. The van der Waals surface area contributed by atoms with E-state index in [1.807, 2.05) is 11.4 Å². The van der Waals surface area contributed by atoms with Crippen molar-refractivity contribution in [1.29, 1.82) is 0 Å². The van der Waals surface area contributed by atoms with Gasteiger partial charge in [-0.05, 0) is 29.1 Å². The first-order valence-corrected chi connectivity index (χ1v) is 5.68. The molecule has 76 valence electrons. The quantitative estimate of drug-likeness (QED) is 0.768. The normalized spacial score (nSPS) is 10.2. The van der Waals surface area contributed by atoms with E-state index in [0.717, 1.165) is 5.56 Å². The number of hydrogen-bond donors (Lipinski definition) is 0. The number of hydrogen-bond acceptors (Lipinski definition) is 3. The molecular weight excluding hydrogens is 230 g/mol. The third-order valence-electron chi connectivity index (χ3n) is 1.94. The standard InChI is InChI=1S/C11H8ClNOS/c12-11-6-8(7-15-11)5-10(14)9-3-1-2-4-13-9/h1-4,6-7H,5H2. The maximum atomic E-state index is 11.7. The topological polar surface area (TPSA) is 30.0 Å². The lowest BCUT2D eigenvalue weighted by molar-refractivity contribution is 0.0988. The Balaban J connectivity index is 2.11. The molecular formula is C11H8ClNOS. The van der Waals surface area contributed by atoms with Gasteiger partial charge in [-0.3, -0.25) is 9.78 Å². The molecule has 4 heteroatoms. The fraction of sp³-hybridized carbons (Fsp3) is 0.0909. The minimum atomic E-state index is 0.0186. The highest BCUT2D eigenvalue weighted by Gasteiger charge is 2.08. The SMILES string of the molecule is O=C(Cc1csc(Cl)c1)c1ccccn1. The molecule has 0 aliphatic heterocycles. The van der Waals surface area contributed by atoms with Gasteiger partial charge >= 0.3 is 0 Å². The van der Waals surface area contributed by atoms with Gasteiger partial charge in [0.2, 0.25) is 0 Å². The van der Waals surface area contributed by atoms with Crippen LogP contribution in [0.25, 0.3) is 0 Å². The van der Waals surface area contributed by atoms with Crippen LogP contribution in [0.15, 0.2) is 35.8 Å². The molecule has 0 radical (unpaired) electrons. The summed E-state index contributed by atoms with van der Waals surface area (Å²) in [6.07, 6.45) is 1.98. The van der Waals surface area contributed by atoms with E-state index in [2.05, 4.69) is 4.98 Å². The zero-order valence-corrected chi connectivity index (χ0v) is 9.39. The highest BCUT2D eigenvalue weighted by Crippen LogP contribution is 2.20. The number of rotatable bonds is 3. The molecule has 2 aromatic heterocycles. The summed E-state index contributed by atoms with van der Waals surface area (Å²) in [6.45, 7) is 0. The van der Waals surface area contributed by atoms with Crippen LogP contribution < -0.4 is 0 Å². The van der Waals surface area contributed by atoms with Crippen molar-refractivity contribution >= 4 is 28.7 Å². The summed E-state index contributed by atoms with van der Waals surface area (Å²) >= 11 is 7.22. The van der Waals surface area contributed by atoms with Crippen molar-refractivity contribution in [2.24, 2.45) is 0 Å². The molecule has 2 aromatic rings. The van der Waals surface area contributed by atoms with E-state index < -0.39 is 0 Å². The number of aromatic nitrogens is 1. The van der Waals surface area contributed by atoms with E-state index in [1.165, 1.54) is 11.3 Å². The molecule has 2 rings (SSSR count). The van der Waals surface area contributed by atoms with Crippen LogP contribution in [0.5, 0.6) is 0 Å². The molecule has 0 bridgehead atoms. The first-order valence-electron chi connectivity index (χ1n) is 4.43. The van der Waals surface area contributed by atoms with Crippen molar-refractivity contribution in [2.75, 3.05) is 0 Å². The Hall–Kier alpha value is -1.19. The molecule has 0 spiro atoms. The Bertz CT molecular complexity index is 466. The average Bonchev–Trinajstić information content (AvgIpc) is 2.65. The molecule has 0 unspecified atom stereocenters. The van der Waals surface area contributed by atoms with E-state index in [0.29, 0.717) is 16.5 Å². The largest absolute Gasteiger partial charge is 0.292 e. The van der Waals surface area contributed by atoms with Crippen molar-refractivity contribution in [3.05, 3.63) is 51.4 Å². The summed E-state index contributed by atoms with van der Waals surface area (Å²) in [5.74, 6) is 0.0186. The molecule has 0 aliphatic carbocycles. The van der Waals surface area contributed by atoms with Crippen molar-refractivity contribution in [3.8, 4) is 0 Å². The number of carbonyl (C=O) groups excluding carboxylic acids is 1. The predicted molar refractivity (Wildman–Crippen MR) is 61.6 cm³/mol. The first kappa shape index (κ1) is 10.3. The van der Waals surface area contributed by atoms with Crippen LogP contribution in [-0.4, -0.2) is 10.8 Å². The second-order valence-electron chi connectivity index (χ2n) is 3.07. The Labute approximate surface area is 96.5 Å². The van der Waals surface area contributed by atoms with Gasteiger partial charge in [0.25, 0.3) is 0 Å². The predicted octanol–water partition coefficient (Wildman–Crippen LogP) is 3.22. The highest BCUT2D eigenvalue weighted by molar-refractivity contribution is 7.14. The van der Waals surface area contributed by atoms with Gasteiger partial charge in [-0.15, -0.1) is 11.3 Å². The van der Waals surface area contributed by atoms with Crippen LogP contribution >= 0.6 is 22.9 Å². The third-order valence-corrected chi connectivity index (χ3v) is 3.08. The molecule has 0 saturated heterocycles. The summed E-state index contributed by atoms with van der Waals surface area (Å²) in [5, 5.41) is 1.89. The van der Waals surface area contributed by atoms with Gasteiger partial charge in [0.15, 0.2) is 5.78 Å². The molecule has 0 fully saturated rings. The van der Waals surface area contributed by atoms with E-state index in [-0.39, 0.29) is 5.78 Å². The molecule has 0 saturated carbocycles. The number of halogens is 1. The van der Waals surface area contributed by atoms with Gasteiger partial charge in [0.05, 0.1) is 4.34 Å². The van der Waals surface area contributed by atoms with Gasteiger partial charge in [-0.2, -0.15) is 0 Å². The summed E-state index contributed by atoms with van der Waals surface area (Å²) < 4.78 is 0.707. The average molecular weight is 238 g/mol. The summed E-state index contributed by atoms with van der Waals surface area (Å²) in [7, 11) is 0. The fourth-order valence-corrected chi connectivity index (χ4v) is 2.15. The van der Waals surface area contributed by atoms with Gasteiger partial charge in [-0.1, -0.05) is 17.7 Å². The number of Topliss-reactive ketones (excluding diaryl/α,β-unsaturated/α-hetero) is 1. The minimum Gasteiger partial charge on any atom is -0.292 e. The Kier molecular flexibility index (Phi) is 3.14. The third kappa shape index (κ3) is 2.64. The summed E-state index contributed by atoms with van der Waals surface area (Å²) in [6, 6.07) is 7.13. The van der Waals surface area contributed by atoms with Crippen molar-refractivity contribution in [1.82, 2.24) is 4.98 Å². The zero-order chi connectivity index (χ0) is 10.7. The van der Waals surface area contributed by atoms with E-state index >= 15 is 0 Å². The summed E-state index contributed by atoms with van der Waals surface area (Å²) in [4.78, 5) is 15.7. The van der Waals surface area contributed by atoms with Gasteiger partial charge in [0, 0.05) is 12.6 Å². The molecule has 0 aromatic carbocycles. The minimum absolute atomic E-state index is 0.0186. The second-order valence-corrected chi connectivity index (χ2v) is 4.62. The van der Waals surface area contributed by atoms with Crippen molar-refractivity contribution in [2.45, 2.75) is 6.42 Å². The number of nitrogens with zero attached hydrogens (tertiary/aromatic N) is 1. The highest BCUT2D eigenvalue weighted by atomic mass is 35.5. The number of pyridine rings is 1. The molecule has 15 heavy (non-hydrogen) atoms. The van der Waals surface area contributed by atoms with Crippen LogP contribution in [0.4, 0.5) is 0 Å². The Morgan fingerprint density at radius 1 is 1.47 bits per heavy atom. The van der Waals surface area contributed by atoms with Gasteiger partial charge in [-0.25, -0.2) is 0 Å². The van der Waals surface area contributed by atoms with Crippen LogP contribution in [0, 0.1) is 0 Å². The van der Waals surface area contributed by atoms with Crippen LogP contribution in [0.1, 0.15) is 16.1 Å². The lowest BCUT2D eigenvalue weighted by atomic mass is 10.1. The number of carbonyl (C=O) groups is 1. The van der Waals surface area contributed by atoms with E-state index in [1.54, 1.807) is 24.4 Å². The molecule has 0 N–H and O–H groups in total. The molecule has 2 nitrogen and oxygen atoms in total. The maximum absolute atomic E-state index is 11.7. The molecule has 0 aliphatic rings. The number of ketones is 1. The Morgan fingerprint density at radius 2 is 2.33 bits per heavy atom. The smallest absolute Gasteiger partial charge is 0.185 e. The lowest BCUT2D eigenvalue weighted by Crippen LogP contribution is -2.04. The van der Waals surface area contributed by atoms with Gasteiger partial charge < -0.3 is 0 Å². The molecule has 2 heterocycles. The van der Waals surface area contributed by atoms with E-state index in [9.17, 15) is 4.79 Å². The van der Waals surface area contributed by atoms with E-state index in [4.69, 9.17) is 11.6 Å². The van der Waals surface area contributed by atoms with Gasteiger partial charge in [0.1, 0.15) is 5.69 Å². The monoisotopic (exact) mass is 237 g/mol. The van der Waals surface area contributed by atoms with Crippen molar-refractivity contribution < 1.29 is 4.79 Å². The van der Waals surface area contributed by atoms with Crippen molar-refractivity contribution in [3.63, 3.8) is 0 Å². The van der Waals surface area contributed by atoms with Crippen LogP contribution in [0.2, 0.25) is 4.34 Å². The molecule has 0 amide bonds. The molecule has 0 atom stereocenters. The number of thiophene rings is 1. The van der Waals surface area contributed by atoms with Crippen LogP contribution in [0.3, 0.4) is 0 Å². The first-order chi connectivity index (χ1) is 7.25. The van der Waals surface area contributed by atoms with Crippen LogP contribution in [-0.2, 0) is 6.42 Å². The summed E-state index contributed by atoms with van der Waals surface area (Å²) in [5.41, 5.74) is 1.44.